The summed E-state index contributed by atoms with van der Waals surface area (Å²) in [5.74, 6) is -0.917. The van der Waals surface area contributed by atoms with Crippen LogP contribution in [0, 0.1) is 0 Å². The van der Waals surface area contributed by atoms with Gasteiger partial charge < -0.3 is 4.98 Å². The van der Waals surface area contributed by atoms with Gasteiger partial charge in [0.1, 0.15) is 4.75 Å². The van der Waals surface area contributed by atoms with Crippen molar-refractivity contribution < 1.29 is 18.4 Å². The van der Waals surface area contributed by atoms with Crippen LogP contribution >= 0.6 is 0 Å². The standard InChI is InChI=1S/C20H22N2O4S/c1-20(19(23)22-24,27(2,25)26)12-11-14-7-9-15(10-8-14)18-13-16-5-3-4-6-17(16)21-18/h3-10,13,21,24H,11-12H2,1-2H3,(H,22,23)/t20-/m1/s1. The molecule has 0 aliphatic rings. The van der Waals surface area contributed by atoms with E-state index in [4.69, 9.17) is 5.21 Å². The Bertz CT molecular complexity index is 1040. The molecule has 3 rings (SSSR count). The number of benzene rings is 2. The van der Waals surface area contributed by atoms with E-state index in [0.29, 0.717) is 6.42 Å². The molecule has 1 aromatic heterocycles. The van der Waals surface area contributed by atoms with Gasteiger partial charge in [0.05, 0.1) is 0 Å². The van der Waals surface area contributed by atoms with Gasteiger partial charge in [-0.05, 0) is 43.0 Å². The molecule has 0 aliphatic heterocycles. The third-order valence-electron chi connectivity index (χ3n) is 5.09. The Morgan fingerprint density at radius 2 is 1.81 bits per heavy atom. The summed E-state index contributed by atoms with van der Waals surface area (Å²) in [5.41, 5.74) is 5.47. The monoisotopic (exact) mass is 386 g/mol. The average molecular weight is 386 g/mol. The molecule has 0 saturated heterocycles. The van der Waals surface area contributed by atoms with Crippen LogP contribution in [0.3, 0.4) is 0 Å². The Labute approximate surface area is 158 Å². The van der Waals surface area contributed by atoms with Gasteiger partial charge in [-0.15, -0.1) is 0 Å². The summed E-state index contributed by atoms with van der Waals surface area (Å²) in [6.07, 6.45) is 1.47. The van der Waals surface area contributed by atoms with Gasteiger partial charge in [-0.25, -0.2) is 13.9 Å². The largest absolute Gasteiger partial charge is 0.355 e. The first kappa shape index (κ1) is 19.1. The van der Waals surface area contributed by atoms with Crippen molar-refractivity contribution in [2.45, 2.75) is 24.5 Å². The number of para-hydroxylation sites is 1. The molecule has 0 spiro atoms. The third kappa shape index (κ3) is 3.74. The fourth-order valence-corrected chi connectivity index (χ4v) is 3.90. The quantitative estimate of drug-likeness (QED) is 0.448. The van der Waals surface area contributed by atoms with Gasteiger partial charge in [0.15, 0.2) is 9.84 Å². The first-order valence-corrected chi connectivity index (χ1v) is 10.4. The van der Waals surface area contributed by atoms with Crippen LogP contribution < -0.4 is 5.48 Å². The van der Waals surface area contributed by atoms with Crippen molar-refractivity contribution in [3.63, 3.8) is 0 Å². The molecule has 0 saturated carbocycles. The number of sulfone groups is 1. The van der Waals surface area contributed by atoms with Crippen LogP contribution in [0.1, 0.15) is 18.9 Å². The molecular weight excluding hydrogens is 364 g/mol. The Kier molecular flexibility index (Phi) is 5.08. The molecule has 27 heavy (non-hydrogen) atoms. The average Bonchev–Trinajstić information content (AvgIpc) is 3.09. The van der Waals surface area contributed by atoms with Crippen LogP contribution in [0.4, 0.5) is 0 Å². The van der Waals surface area contributed by atoms with Crippen molar-refractivity contribution in [2.24, 2.45) is 0 Å². The van der Waals surface area contributed by atoms with E-state index in [1.54, 1.807) is 0 Å². The molecule has 2 aromatic carbocycles. The fourth-order valence-electron chi connectivity index (χ4n) is 3.05. The van der Waals surface area contributed by atoms with E-state index < -0.39 is 20.5 Å². The highest BCUT2D eigenvalue weighted by molar-refractivity contribution is 7.92. The van der Waals surface area contributed by atoms with E-state index in [1.807, 2.05) is 48.5 Å². The molecule has 0 aliphatic carbocycles. The zero-order chi connectivity index (χ0) is 19.7. The van der Waals surface area contributed by atoms with Crippen LogP contribution in [0.2, 0.25) is 0 Å². The van der Waals surface area contributed by atoms with Gasteiger partial charge in [-0.2, -0.15) is 0 Å². The molecular formula is C20H22N2O4S. The van der Waals surface area contributed by atoms with Gasteiger partial charge in [-0.3, -0.25) is 10.0 Å². The van der Waals surface area contributed by atoms with Gasteiger partial charge in [0.2, 0.25) is 0 Å². The Hall–Kier alpha value is -2.64. The number of carbonyl (C=O) groups is 1. The maximum Gasteiger partial charge on any atom is 0.264 e. The smallest absolute Gasteiger partial charge is 0.264 e. The zero-order valence-electron chi connectivity index (χ0n) is 15.2. The Morgan fingerprint density at radius 1 is 1.15 bits per heavy atom. The number of rotatable bonds is 6. The summed E-state index contributed by atoms with van der Waals surface area (Å²) < 4.78 is 22.4. The highest BCUT2D eigenvalue weighted by atomic mass is 32.2. The number of nitrogens with one attached hydrogen (secondary N) is 2. The van der Waals surface area contributed by atoms with Crippen molar-refractivity contribution in [2.75, 3.05) is 6.26 Å². The summed E-state index contributed by atoms with van der Waals surface area (Å²) in [4.78, 5) is 15.3. The molecule has 1 amide bonds. The van der Waals surface area contributed by atoms with Crippen molar-refractivity contribution in [3.05, 3.63) is 60.2 Å². The summed E-state index contributed by atoms with van der Waals surface area (Å²) in [7, 11) is -3.69. The fraction of sp³-hybridized carbons (Fsp3) is 0.250. The molecule has 0 bridgehead atoms. The number of carbonyl (C=O) groups excluding carboxylic acids is 1. The number of fused-ring (bicyclic) bond motifs is 1. The molecule has 0 radical (unpaired) electrons. The van der Waals surface area contributed by atoms with Crippen LogP contribution in [0.25, 0.3) is 22.2 Å². The number of hydroxylamine groups is 1. The van der Waals surface area contributed by atoms with Crippen LogP contribution in [0.15, 0.2) is 54.6 Å². The predicted octanol–water partition coefficient (Wildman–Crippen LogP) is 3.08. The van der Waals surface area contributed by atoms with Crippen molar-refractivity contribution in [3.8, 4) is 11.3 Å². The molecule has 3 N–H and O–H groups in total. The first-order chi connectivity index (χ1) is 12.7. The minimum Gasteiger partial charge on any atom is -0.355 e. The normalized spacial score (nSPS) is 14.0. The molecule has 7 heteroatoms. The molecule has 1 atom stereocenters. The zero-order valence-corrected chi connectivity index (χ0v) is 16.0. The maximum absolute atomic E-state index is 12.0. The molecule has 0 fully saturated rings. The predicted molar refractivity (Wildman–Crippen MR) is 105 cm³/mol. The molecule has 1 heterocycles. The maximum atomic E-state index is 12.0. The van der Waals surface area contributed by atoms with Gasteiger partial charge >= 0.3 is 0 Å². The van der Waals surface area contributed by atoms with Crippen molar-refractivity contribution in [1.82, 2.24) is 10.5 Å². The number of H-pyrrole nitrogens is 1. The lowest BCUT2D eigenvalue weighted by molar-refractivity contribution is -0.131. The molecule has 0 unspecified atom stereocenters. The summed E-state index contributed by atoms with van der Waals surface area (Å²) in [6.45, 7) is 1.33. The number of hydrogen-bond acceptors (Lipinski definition) is 4. The van der Waals surface area contributed by atoms with E-state index in [2.05, 4.69) is 11.1 Å². The lowest BCUT2D eigenvalue weighted by Crippen LogP contribution is -2.49. The molecule has 142 valence electrons. The molecule has 3 aromatic rings. The van der Waals surface area contributed by atoms with E-state index in [-0.39, 0.29) is 6.42 Å². The highest BCUT2D eigenvalue weighted by Crippen LogP contribution is 2.26. The van der Waals surface area contributed by atoms with Gasteiger partial charge in [0.25, 0.3) is 5.91 Å². The van der Waals surface area contributed by atoms with E-state index >= 15 is 0 Å². The van der Waals surface area contributed by atoms with Crippen LogP contribution in [-0.2, 0) is 21.1 Å². The second-order valence-corrected chi connectivity index (χ2v) is 9.36. The second kappa shape index (κ2) is 7.17. The molecule has 6 nitrogen and oxygen atoms in total. The third-order valence-corrected chi connectivity index (χ3v) is 7.11. The summed E-state index contributed by atoms with van der Waals surface area (Å²) in [5, 5.41) is 10.0. The minimum absolute atomic E-state index is 0.0734. The Balaban J connectivity index is 1.78. The minimum atomic E-state index is -3.69. The highest BCUT2D eigenvalue weighted by Gasteiger charge is 2.43. The number of aromatic amines is 1. The van der Waals surface area contributed by atoms with Gasteiger partial charge in [-0.1, -0.05) is 42.5 Å². The van der Waals surface area contributed by atoms with Crippen LogP contribution in [-0.4, -0.2) is 35.5 Å². The first-order valence-electron chi connectivity index (χ1n) is 8.56. The van der Waals surface area contributed by atoms with Gasteiger partial charge in [0, 0.05) is 22.9 Å². The Morgan fingerprint density at radius 3 is 2.41 bits per heavy atom. The van der Waals surface area contributed by atoms with Crippen molar-refractivity contribution in [1.29, 1.82) is 0 Å². The lowest BCUT2D eigenvalue weighted by Gasteiger charge is -2.25. The van der Waals surface area contributed by atoms with Crippen LogP contribution in [0.5, 0.6) is 0 Å². The van der Waals surface area contributed by atoms with E-state index in [9.17, 15) is 13.2 Å². The number of aryl methyl sites for hydroxylation is 1. The second-order valence-electron chi connectivity index (χ2n) is 6.91. The number of aromatic nitrogens is 1. The summed E-state index contributed by atoms with van der Waals surface area (Å²) in [6, 6.07) is 17.9. The summed E-state index contributed by atoms with van der Waals surface area (Å²) >= 11 is 0. The van der Waals surface area contributed by atoms with E-state index in [0.717, 1.165) is 34.0 Å². The number of amides is 1. The SMILES string of the molecule is C[C@@](CCc1ccc(-c2cc3ccccc3[nH]2)cc1)(C(=O)NO)S(C)(=O)=O. The topological polar surface area (TPSA) is 99.3 Å². The van der Waals surface area contributed by atoms with Crippen molar-refractivity contribution >= 4 is 26.6 Å². The number of hydrogen-bond donors (Lipinski definition) is 3. The lowest BCUT2D eigenvalue weighted by atomic mass is 9.98. The van der Waals surface area contributed by atoms with E-state index in [1.165, 1.54) is 12.4 Å².